The Morgan fingerprint density at radius 3 is 2.45 bits per heavy atom. The van der Waals surface area contributed by atoms with Crippen LogP contribution in [-0.2, 0) is 17.8 Å². The van der Waals surface area contributed by atoms with Crippen LogP contribution >= 0.6 is 23.2 Å². The quantitative estimate of drug-likeness (QED) is 0.460. The summed E-state index contributed by atoms with van der Waals surface area (Å²) in [6.07, 6.45) is -0.131. The molecule has 0 aromatic heterocycles. The minimum Gasteiger partial charge on any atom is -0.491 e. The third kappa shape index (κ3) is 5.13. The van der Waals surface area contributed by atoms with E-state index in [9.17, 15) is 4.79 Å². The van der Waals surface area contributed by atoms with Crippen LogP contribution < -0.4 is 14.8 Å². The normalized spacial score (nSPS) is 10.4. The van der Waals surface area contributed by atoms with Gasteiger partial charge in [0.1, 0.15) is 11.6 Å². The first kappa shape index (κ1) is 20.8. The Bertz CT molecular complexity index is 1010. The lowest BCUT2D eigenvalue weighted by Gasteiger charge is -2.18. The van der Waals surface area contributed by atoms with Crippen LogP contribution in [0, 0.1) is 0 Å². The Kier molecular flexibility index (Phi) is 6.86. The first-order chi connectivity index (χ1) is 14.0. The lowest BCUT2D eigenvalue weighted by Crippen LogP contribution is -2.05. The zero-order valence-corrected chi connectivity index (χ0v) is 17.1. The Hall–Kier alpha value is -2.89. The van der Waals surface area contributed by atoms with Crippen molar-refractivity contribution in [3.63, 3.8) is 0 Å². The molecule has 2 N–H and O–H groups in total. The van der Waals surface area contributed by atoms with E-state index in [0.29, 0.717) is 40.1 Å². The molecule has 0 aliphatic carbocycles. The fourth-order valence-corrected chi connectivity index (χ4v) is 3.43. The second-order valence-electron chi connectivity index (χ2n) is 6.21. The van der Waals surface area contributed by atoms with Crippen LogP contribution in [0.15, 0.2) is 60.7 Å². The van der Waals surface area contributed by atoms with Gasteiger partial charge in [0.25, 0.3) is 0 Å². The standard InChI is InChI=1S/C22H19Cl2NO4/c1-28-22-18(29-13-14-7-3-2-4-8-14)12-16(23)21(20(22)24)25-17-10-6-5-9-15(17)11-19(26)27/h2-10,12,25H,11,13H2,1H3,(H,26,27). The van der Waals surface area contributed by atoms with Crippen LogP contribution in [0.4, 0.5) is 11.4 Å². The lowest BCUT2D eigenvalue weighted by molar-refractivity contribution is -0.136. The summed E-state index contributed by atoms with van der Waals surface area (Å²) >= 11 is 13.0. The number of methoxy groups -OCH3 is 1. The maximum absolute atomic E-state index is 11.1. The highest BCUT2D eigenvalue weighted by Crippen LogP contribution is 2.46. The number of hydrogen-bond donors (Lipinski definition) is 2. The molecule has 3 rings (SSSR count). The number of carbonyl (C=O) groups is 1. The highest BCUT2D eigenvalue weighted by Gasteiger charge is 2.19. The zero-order valence-electron chi connectivity index (χ0n) is 15.6. The van der Waals surface area contributed by atoms with Gasteiger partial charge < -0.3 is 19.9 Å². The summed E-state index contributed by atoms with van der Waals surface area (Å²) in [4.78, 5) is 11.1. The third-order valence-electron chi connectivity index (χ3n) is 4.20. The predicted octanol–water partition coefficient (Wildman–Crippen LogP) is 5.95. The highest BCUT2D eigenvalue weighted by molar-refractivity contribution is 6.40. The van der Waals surface area contributed by atoms with Gasteiger partial charge in [-0.05, 0) is 17.2 Å². The van der Waals surface area contributed by atoms with Crippen molar-refractivity contribution in [3.8, 4) is 11.5 Å². The van der Waals surface area contributed by atoms with Crippen LogP contribution in [0.1, 0.15) is 11.1 Å². The van der Waals surface area contributed by atoms with Crippen LogP contribution in [0.5, 0.6) is 11.5 Å². The summed E-state index contributed by atoms with van der Waals surface area (Å²) in [6.45, 7) is 0.331. The Morgan fingerprint density at radius 1 is 1.07 bits per heavy atom. The van der Waals surface area contributed by atoms with E-state index in [1.54, 1.807) is 30.3 Å². The summed E-state index contributed by atoms with van der Waals surface area (Å²) in [5, 5.41) is 12.8. The third-order valence-corrected chi connectivity index (χ3v) is 4.86. The van der Waals surface area contributed by atoms with E-state index in [1.165, 1.54) is 7.11 Å². The molecular formula is C22H19Cl2NO4. The number of rotatable bonds is 8. The summed E-state index contributed by atoms with van der Waals surface area (Å²) in [7, 11) is 1.49. The summed E-state index contributed by atoms with van der Waals surface area (Å²) < 4.78 is 11.3. The van der Waals surface area contributed by atoms with Gasteiger partial charge in [0.2, 0.25) is 0 Å². The molecule has 0 spiro atoms. The molecule has 0 unspecified atom stereocenters. The van der Waals surface area contributed by atoms with Crippen molar-refractivity contribution < 1.29 is 19.4 Å². The molecule has 3 aromatic rings. The van der Waals surface area contributed by atoms with Gasteiger partial charge in [-0.1, -0.05) is 71.7 Å². The molecule has 0 radical (unpaired) electrons. The molecule has 0 aliphatic rings. The van der Waals surface area contributed by atoms with E-state index < -0.39 is 5.97 Å². The predicted molar refractivity (Wildman–Crippen MR) is 115 cm³/mol. The van der Waals surface area contributed by atoms with Crippen LogP contribution in [0.2, 0.25) is 10.0 Å². The molecule has 0 fully saturated rings. The van der Waals surface area contributed by atoms with Crippen molar-refractivity contribution in [2.45, 2.75) is 13.0 Å². The average molecular weight is 432 g/mol. The van der Waals surface area contributed by atoms with E-state index in [1.807, 2.05) is 30.3 Å². The number of hydrogen-bond acceptors (Lipinski definition) is 4. The van der Waals surface area contributed by atoms with Gasteiger partial charge in [0.15, 0.2) is 11.5 Å². The van der Waals surface area contributed by atoms with Gasteiger partial charge in [-0.2, -0.15) is 0 Å². The van der Waals surface area contributed by atoms with Gasteiger partial charge in [-0.15, -0.1) is 0 Å². The number of carboxylic acids is 1. The van der Waals surface area contributed by atoms with Crippen molar-refractivity contribution in [1.82, 2.24) is 0 Å². The van der Waals surface area contributed by atoms with Gasteiger partial charge in [0.05, 0.1) is 24.2 Å². The number of halogens is 2. The van der Waals surface area contributed by atoms with Crippen LogP contribution in [-0.4, -0.2) is 18.2 Å². The number of benzene rings is 3. The SMILES string of the molecule is COc1c(OCc2ccccc2)cc(Cl)c(Nc2ccccc2CC(=O)O)c1Cl. The van der Waals surface area contributed by atoms with Crippen molar-refractivity contribution in [2.24, 2.45) is 0 Å². The number of nitrogens with one attached hydrogen (secondary N) is 1. The molecule has 0 heterocycles. The van der Waals surface area contributed by atoms with E-state index in [4.69, 9.17) is 37.8 Å². The monoisotopic (exact) mass is 431 g/mol. The number of ether oxygens (including phenoxy) is 2. The fraction of sp³-hybridized carbons (Fsp3) is 0.136. The van der Waals surface area contributed by atoms with E-state index in [2.05, 4.69) is 5.32 Å². The Labute approximate surface area is 178 Å². The zero-order chi connectivity index (χ0) is 20.8. The minimum atomic E-state index is -0.932. The molecular weight excluding hydrogens is 413 g/mol. The molecule has 5 nitrogen and oxygen atoms in total. The van der Waals surface area contributed by atoms with Crippen molar-refractivity contribution >= 4 is 40.5 Å². The van der Waals surface area contributed by atoms with E-state index in [-0.39, 0.29) is 11.4 Å². The molecule has 0 amide bonds. The topological polar surface area (TPSA) is 67.8 Å². The summed E-state index contributed by atoms with van der Waals surface area (Å²) in [6, 6.07) is 18.4. The number of carboxylic acid groups (broad SMARTS) is 1. The van der Waals surface area contributed by atoms with Crippen molar-refractivity contribution in [1.29, 1.82) is 0 Å². The molecule has 3 aromatic carbocycles. The molecule has 7 heteroatoms. The van der Waals surface area contributed by atoms with Gasteiger partial charge >= 0.3 is 5.97 Å². The smallest absolute Gasteiger partial charge is 0.307 e. The summed E-state index contributed by atoms with van der Waals surface area (Å²) in [5.74, 6) is -0.181. The van der Waals surface area contributed by atoms with Crippen molar-refractivity contribution in [2.75, 3.05) is 12.4 Å². The lowest BCUT2D eigenvalue weighted by atomic mass is 10.1. The van der Waals surface area contributed by atoms with Gasteiger partial charge in [-0.25, -0.2) is 0 Å². The largest absolute Gasteiger partial charge is 0.491 e. The van der Waals surface area contributed by atoms with E-state index in [0.717, 1.165) is 5.56 Å². The molecule has 0 aliphatic heterocycles. The molecule has 0 atom stereocenters. The molecule has 0 bridgehead atoms. The molecule has 0 saturated heterocycles. The second-order valence-corrected chi connectivity index (χ2v) is 6.99. The van der Waals surface area contributed by atoms with Gasteiger partial charge in [0, 0.05) is 11.8 Å². The maximum Gasteiger partial charge on any atom is 0.307 e. The van der Waals surface area contributed by atoms with Crippen LogP contribution in [0.25, 0.3) is 0 Å². The fourth-order valence-electron chi connectivity index (χ4n) is 2.82. The molecule has 0 saturated carbocycles. The van der Waals surface area contributed by atoms with Crippen molar-refractivity contribution in [3.05, 3.63) is 81.8 Å². The molecule has 150 valence electrons. The Morgan fingerprint density at radius 2 is 1.76 bits per heavy atom. The van der Waals surface area contributed by atoms with Crippen LogP contribution in [0.3, 0.4) is 0 Å². The van der Waals surface area contributed by atoms with E-state index >= 15 is 0 Å². The second kappa shape index (κ2) is 9.54. The first-order valence-electron chi connectivity index (χ1n) is 8.79. The van der Waals surface area contributed by atoms with Gasteiger partial charge in [-0.3, -0.25) is 4.79 Å². The minimum absolute atomic E-state index is 0.131. The maximum atomic E-state index is 11.1. The first-order valence-corrected chi connectivity index (χ1v) is 9.54. The number of anilines is 2. The number of para-hydroxylation sites is 1. The molecule has 29 heavy (non-hydrogen) atoms. The highest BCUT2D eigenvalue weighted by atomic mass is 35.5. The summed E-state index contributed by atoms with van der Waals surface area (Å²) in [5.41, 5.74) is 2.61. The average Bonchev–Trinajstić information content (AvgIpc) is 2.71. The Balaban J connectivity index is 1.90. The number of aliphatic carboxylic acids is 1.